The summed E-state index contributed by atoms with van der Waals surface area (Å²) in [5.74, 6) is 0.490. The molecule has 2 aromatic heterocycles. The van der Waals surface area contributed by atoms with Crippen molar-refractivity contribution >= 4 is 33.9 Å². The van der Waals surface area contributed by atoms with E-state index in [9.17, 15) is 23.1 Å². The van der Waals surface area contributed by atoms with Gasteiger partial charge < -0.3 is 25.8 Å². The van der Waals surface area contributed by atoms with Crippen LogP contribution in [0.15, 0.2) is 67.1 Å². The van der Waals surface area contributed by atoms with E-state index in [0.29, 0.717) is 17.4 Å². The number of nitrogens with one attached hydrogen (secondary N) is 3. The van der Waals surface area contributed by atoms with Crippen LogP contribution in [0.2, 0.25) is 0 Å². The number of aliphatic hydroxyl groups excluding tert-OH is 1. The highest BCUT2D eigenvalue weighted by Gasteiger charge is 2.30. The fourth-order valence-electron chi connectivity index (χ4n) is 3.02. The fourth-order valence-corrected chi connectivity index (χ4v) is 3.85. The molecule has 0 spiro atoms. The van der Waals surface area contributed by atoms with Gasteiger partial charge in [-0.05, 0) is 55.0 Å². The Kier molecular flexibility index (Phi) is 7.84. The summed E-state index contributed by atoms with van der Waals surface area (Å²) in [6.45, 7) is 2.10. The lowest BCUT2D eigenvalue weighted by Gasteiger charge is -2.11. The molecule has 0 aliphatic carbocycles. The third-order valence-electron chi connectivity index (χ3n) is 4.74. The highest BCUT2D eigenvalue weighted by atomic mass is 32.1. The molecular weight excluding hydrogens is 509 g/mol. The molecule has 2 heterocycles. The topological polar surface area (TPSA) is 121 Å². The smallest absolute Gasteiger partial charge is 0.416 e. The minimum atomic E-state index is -4.51. The van der Waals surface area contributed by atoms with Crippen LogP contribution in [0.4, 0.5) is 34.5 Å². The van der Waals surface area contributed by atoms with E-state index in [1.807, 2.05) is 12.1 Å². The van der Waals surface area contributed by atoms with Crippen molar-refractivity contribution < 1.29 is 27.8 Å². The Balaban J connectivity index is 1.31. The maximum atomic E-state index is 12.8. The van der Waals surface area contributed by atoms with Gasteiger partial charge in [-0.25, -0.2) is 19.7 Å². The van der Waals surface area contributed by atoms with Crippen molar-refractivity contribution in [3.63, 3.8) is 0 Å². The van der Waals surface area contributed by atoms with E-state index in [1.54, 1.807) is 25.3 Å². The van der Waals surface area contributed by atoms with Crippen LogP contribution in [0.1, 0.15) is 12.5 Å². The Morgan fingerprint density at radius 3 is 2.41 bits per heavy atom. The molecule has 0 aliphatic heterocycles. The Morgan fingerprint density at radius 1 is 1.03 bits per heavy atom. The Bertz CT molecular complexity index is 1350. The first-order valence-electron chi connectivity index (χ1n) is 10.9. The number of benzene rings is 2. The van der Waals surface area contributed by atoms with Crippen LogP contribution in [0, 0.1) is 0 Å². The normalized spacial score (nSPS) is 12.0. The summed E-state index contributed by atoms with van der Waals surface area (Å²) < 4.78 is 44.1. The van der Waals surface area contributed by atoms with Crippen LogP contribution in [0.5, 0.6) is 11.8 Å². The largest absolute Gasteiger partial charge is 0.424 e. The van der Waals surface area contributed by atoms with Crippen LogP contribution < -0.4 is 20.7 Å². The zero-order chi connectivity index (χ0) is 26.4. The second-order valence-corrected chi connectivity index (χ2v) is 8.83. The molecule has 4 rings (SSSR count). The monoisotopic (exact) mass is 530 g/mol. The molecular formula is C24H21F3N6O3S. The van der Waals surface area contributed by atoms with Gasteiger partial charge in [0.1, 0.15) is 5.75 Å². The number of hydrogen-bond acceptors (Lipinski definition) is 8. The Labute approximate surface area is 213 Å². The third-order valence-corrected chi connectivity index (χ3v) is 5.74. The first-order valence-corrected chi connectivity index (χ1v) is 11.7. The number of urea groups is 1. The number of thiazole rings is 1. The maximum Gasteiger partial charge on any atom is 0.416 e. The Morgan fingerprint density at radius 2 is 1.73 bits per heavy atom. The molecule has 4 N–H and O–H groups in total. The summed E-state index contributed by atoms with van der Waals surface area (Å²) in [6, 6.07) is 10.8. The number of carbonyl (C=O) groups excluding carboxylic acids is 1. The summed E-state index contributed by atoms with van der Waals surface area (Å²) in [7, 11) is 0. The molecule has 4 aromatic rings. The van der Waals surface area contributed by atoms with E-state index in [0.717, 1.165) is 22.6 Å². The molecule has 1 unspecified atom stereocenters. The lowest BCUT2D eigenvalue weighted by Crippen LogP contribution is -2.20. The van der Waals surface area contributed by atoms with Crippen molar-refractivity contribution in [2.24, 2.45) is 0 Å². The molecule has 2 amide bonds. The standard InChI is InChI=1S/C24H21F3N6O3S/c1-14(34)10-30-23-31-13-20(37-23)15-5-7-19(8-6-15)36-22-28-11-18(12-29-22)33-21(35)32-17-4-2-3-16(9-17)24(25,26)27/h2-9,11-14,34H,10H2,1H3,(H,30,31)(H2,32,33,35). The molecule has 0 radical (unpaired) electrons. The second kappa shape index (κ2) is 11.2. The van der Waals surface area contributed by atoms with E-state index >= 15 is 0 Å². The third kappa shape index (κ3) is 7.38. The van der Waals surface area contributed by atoms with Crippen LogP contribution in [0.25, 0.3) is 10.4 Å². The van der Waals surface area contributed by atoms with Crippen molar-refractivity contribution in [2.75, 3.05) is 22.5 Å². The lowest BCUT2D eigenvalue weighted by molar-refractivity contribution is -0.137. The van der Waals surface area contributed by atoms with Crippen LogP contribution in [-0.4, -0.2) is 38.7 Å². The van der Waals surface area contributed by atoms with Crippen LogP contribution in [-0.2, 0) is 6.18 Å². The summed E-state index contributed by atoms with van der Waals surface area (Å²) >= 11 is 1.46. The molecule has 192 valence electrons. The number of ether oxygens (including phenoxy) is 1. The number of aromatic nitrogens is 3. The summed E-state index contributed by atoms with van der Waals surface area (Å²) in [4.78, 5) is 25.4. The van der Waals surface area contributed by atoms with Crippen LogP contribution >= 0.6 is 11.3 Å². The second-order valence-electron chi connectivity index (χ2n) is 7.80. The zero-order valence-corrected chi connectivity index (χ0v) is 20.1. The predicted octanol–water partition coefficient (Wildman–Crippen LogP) is 5.85. The van der Waals surface area contributed by atoms with E-state index in [4.69, 9.17) is 4.74 Å². The number of anilines is 3. The van der Waals surface area contributed by atoms with Gasteiger partial charge in [0.15, 0.2) is 5.13 Å². The van der Waals surface area contributed by atoms with Crippen LogP contribution in [0.3, 0.4) is 0 Å². The highest BCUT2D eigenvalue weighted by molar-refractivity contribution is 7.18. The number of halogens is 3. The van der Waals surface area contributed by atoms with Gasteiger partial charge in [-0.3, -0.25) is 0 Å². The van der Waals surface area contributed by atoms with Gasteiger partial charge in [-0.2, -0.15) is 13.2 Å². The minimum Gasteiger partial charge on any atom is -0.424 e. The average molecular weight is 531 g/mol. The van der Waals surface area contributed by atoms with Gasteiger partial charge in [0, 0.05) is 18.4 Å². The van der Waals surface area contributed by atoms with Crippen molar-refractivity contribution in [1.82, 2.24) is 15.0 Å². The number of amides is 2. The van der Waals surface area contributed by atoms with Gasteiger partial charge in [0.25, 0.3) is 0 Å². The first-order chi connectivity index (χ1) is 17.7. The molecule has 0 saturated heterocycles. The van der Waals surface area contributed by atoms with E-state index in [-0.39, 0.29) is 17.4 Å². The molecule has 2 aromatic carbocycles. The zero-order valence-electron chi connectivity index (χ0n) is 19.3. The van der Waals surface area contributed by atoms with Crippen molar-refractivity contribution in [3.8, 4) is 22.2 Å². The molecule has 13 heteroatoms. The number of alkyl halides is 3. The summed E-state index contributed by atoms with van der Waals surface area (Å²) in [5.41, 5.74) is 0.270. The van der Waals surface area contributed by atoms with Crippen molar-refractivity contribution in [2.45, 2.75) is 19.2 Å². The minimum absolute atomic E-state index is 0.0118. The SMILES string of the molecule is CC(O)CNc1ncc(-c2ccc(Oc3ncc(NC(=O)Nc4cccc(C(F)(F)F)c4)cn3)cc2)s1. The van der Waals surface area contributed by atoms with Crippen molar-refractivity contribution in [3.05, 3.63) is 72.7 Å². The van der Waals surface area contributed by atoms with E-state index < -0.39 is 23.9 Å². The maximum absolute atomic E-state index is 12.8. The number of aliphatic hydroxyl groups is 1. The predicted molar refractivity (Wildman–Crippen MR) is 134 cm³/mol. The van der Waals surface area contributed by atoms with Gasteiger partial charge in [0.05, 0.1) is 34.6 Å². The van der Waals surface area contributed by atoms with Gasteiger partial charge >= 0.3 is 18.2 Å². The fraction of sp³-hybridized carbons (Fsp3) is 0.167. The first kappa shape index (κ1) is 25.9. The van der Waals surface area contributed by atoms with Crippen molar-refractivity contribution in [1.29, 1.82) is 0 Å². The average Bonchev–Trinajstić information content (AvgIpc) is 3.33. The summed E-state index contributed by atoms with van der Waals surface area (Å²) in [5, 5.41) is 17.9. The molecule has 0 saturated carbocycles. The number of rotatable bonds is 8. The molecule has 0 aliphatic rings. The quantitative estimate of drug-likeness (QED) is 0.226. The summed E-state index contributed by atoms with van der Waals surface area (Å²) in [6.07, 6.45) is -0.635. The Hall–Kier alpha value is -4.23. The lowest BCUT2D eigenvalue weighted by atomic mass is 10.2. The van der Waals surface area contributed by atoms with E-state index in [2.05, 4.69) is 30.9 Å². The molecule has 37 heavy (non-hydrogen) atoms. The number of nitrogens with zero attached hydrogens (tertiary/aromatic N) is 3. The molecule has 0 fully saturated rings. The number of carbonyl (C=O) groups is 1. The molecule has 9 nitrogen and oxygen atoms in total. The van der Waals surface area contributed by atoms with E-state index in [1.165, 1.54) is 35.9 Å². The van der Waals surface area contributed by atoms with Gasteiger partial charge in [-0.1, -0.05) is 17.4 Å². The highest BCUT2D eigenvalue weighted by Crippen LogP contribution is 2.32. The van der Waals surface area contributed by atoms with Gasteiger partial charge in [0.2, 0.25) is 0 Å². The molecule has 1 atom stereocenters. The number of hydrogen-bond donors (Lipinski definition) is 4. The van der Waals surface area contributed by atoms with Gasteiger partial charge in [-0.15, -0.1) is 0 Å². The molecule has 0 bridgehead atoms.